The van der Waals surface area contributed by atoms with E-state index in [4.69, 9.17) is 21.1 Å². The summed E-state index contributed by atoms with van der Waals surface area (Å²) in [6.45, 7) is 2.00. The number of amides is 2. The number of carbonyl (C=O) groups excluding carboxylic acids is 1. The highest BCUT2D eigenvalue weighted by Crippen LogP contribution is 2.29. The summed E-state index contributed by atoms with van der Waals surface area (Å²) < 4.78 is 11.4. The normalized spacial score (nSPS) is 27.6. The van der Waals surface area contributed by atoms with E-state index in [9.17, 15) is 4.79 Å². The fourth-order valence-corrected chi connectivity index (χ4v) is 3.24. The highest BCUT2D eigenvalue weighted by atomic mass is 35.5. The molecule has 2 fully saturated rings. The molecule has 126 valence electrons. The van der Waals surface area contributed by atoms with Gasteiger partial charge in [-0.15, -0.1) is 0 Å². The summed E-state index contributed by atoms with van der Waals surface area (Å²) in [6, 6.07) is 7.39. The number of rotatable bonds is 4. The summed E-state index contributed by atoms with van der Waals surface area (Å²) in [7, 11) is 0. The number of halogens is 1. The van der Waals surface area contributed by atoms with Gasteiger partial charge in [0.1, 0.15) is 6.10 Å². The number of hydrogen-bond donors (Lipinski definition) is 2. The Morgan fingerprint density at radius 3 is 2.70 bits per heavy atom. The molecule has 6 heteroatoms. The molecule has 0 radical (unpaired) electrons. The first-order valence-electron chi connectivity index (χ1n) is 8.25. The second kappa shape index (κ2) is 7.99. The second-order valence-electron chi connectivity index (χ2n) is 6.08. The van der Waals surface area contributed by atoms with Crippen LogP contribution in [0.25, 0.3) is 0 Å². The van der Waals surface area contributed by atoms with Crippen LogP contribution in [0.2, 0.25) is 5.02 Å². The van der Waals surface area contributed by atoms with Gasteiger partial charge < -0.3 is 20.1 Å². The summed E-state index contributed by atoms with van der Waals surface area (Å²) in [5, 5.41) is 6.62. The molecule has 2 heterocycles. The topological polar surface area (TPSA) is 59.6 Å². The van der Waals surface area contributed by atoms with Gasteiger partial charge in [0.25, 0.3) is 0 Å². The first-order chi connectivity index (χ1) is 11.2. The Labute approximate surface area is 141 Å². The first-order valence-corrected chi connectivity index (χ1v) is 8.63. The SMILES string of the molecule is O=C(NC[C@@H]1CCCCO1)N[C@H]1CCO[C@@H]1c1ccc(Cl)cc1. The molecule has 2 aliphatic heterocycles. The van der Waals surface area contributed by atoms with Crippen molar-refractivity contribution in [2.45, 2.75) is 43.9 Å². The molecule has 2 saturated heterocycles. The predicted molar refractivity (Wildman–Crippen MR) is 88.7 cm³/mol. The molecule has 2 N–H and O–H groups in total. The second-order valence-corrected chi connectivity index (χ2v) is 6.52. The van der Waals surface area contributed by atoms with Gasteiger partial charge >= 0.3 is 6.03 Å². The Morgan fingerprint density at radius 2 is 1.96 bits per heavy atom. The first kappa shape index (κ1) is 16.6. The molecule has 5 nitrogen and oxygen atoms in total. The van der Waals surface area contributed by atoms with Gasteiger partial charge in [-0.1, -0.05) is 23.7 Å². The number of hydrogen-bond acceptors (Lipinski definition) is 3. The minimum absolute atomic E-state index is 0.0246. The molecule has 0 aromatic heterocycles. The van der Waals surface area contributed by atoms with Gasteiger partial charge in [0, 0.05) is 24.8 Å². The average Bonchev–Trinajstić information content (AvgIpc) is 3.03. The Hall–Kier alpha value is -1.30. The molecule has 3 rings (SSSR count). The number of nitrogens with one attached hydrogen (secondary N) is 2. The maximum atomic E-state index is 12.1. The molecule has 1 aromatic carbocycles. The number of urea groups is 1. The molecule has 0 unspecified atom stereocenters. The van der Waals surface area contributed by atoms with Crippen LogP contribution in [0.3, 0.4) is 0 Å². The summed E-state index contributed by atoms with van der Waals surface area (Å²) in [6.07, 6.45) is 4.12. The predicted octanol–water partition coefficient (Wildman–Crippen LogP) is 3.04. The third kappa shape index (κ3) is 4.59. The third-order valence-electron chi connectivity index (χ3n) is 4.37. The highest BCUT2D eigenvalue weighted by Gasteiger charge is 2.31. The van der Waals surface area contributed by atoms with Crippen molar-refractivity contribution in [1.82, 2.24) is 10.6 Å². The van der Waals surface area contributed by atoms with Crippen LogP contribution in [-0.2, 0) is 9.47 Å². The minimum atomic E-state index is -0.159. The zero-order chi connectivity index (χ0) is 16.1. The number of benzene rings is 1. The van der Waals surface area contributed by atoms with E-state index in [1.165, 1.54) is 6.42 Å². The third-order valence-corrected chi connectivity index (χ3v) is 4.62. The Balaban J connectivity index is 1.49. The molecule has 0 aliphatic carbocycles. The van der Waals surface area contributed by atoms with E-state index >= 15 is 0 Å². The van der Waals surface area contributed by atoms with E-state index in [1.54, 1.807) is 0 Å². The van der Waals surface area contributed by atoms with Crippen LogP contribution < -0.4 is 10.6 Å². The lowest BCUT2D eigenvalue weighted by Crippen LogP contribution is -2.46. The fourth-order valence-electron chi connectivity index (χ4n) is 3.11. The summed E-state index contributed by atoms with van der Waals surface area (Å²) in [5.41, 5.74) is 1.04. The van der Waals surface area contributed by atoms with Crippen molar-refractivity contribution < 1.29 is 14.3 Å². The fraction of sp³-hybridized carbons (Fsp3) is 0.588. The van der Waals surface area contributed by atoms with Crippen molar-refractivity contribution in [3.63, 3.8) is 0 Å². The average molecular weight is 339 g/mol. The van der Waals surface area contributed by atoms with Gasteiger partial charge in [0.2, 0.25) is 0 Å². The van der Waals surface area contributed by atoms with Crippen LogP contribution in [0.4, 0.5) is 4.79 Å². The Morgan fingerprint density at radius 1 is 1.13 bits per heavy atom. The molecular weight excluding hydrogens is 316 g/mol. The van der Waals surface area contributed by atoms with E-state index in [0.29, 0.717) is 18.2 Å². The lowest BCUT2D eigenvalue weighted by atomic mass is 10.0. The smallest absolute Gasteiger partial charge is 0.315 e. The summed E-state index contributed by atoms with van der Waals surface area (Å²) in [4.78, 5) is 12.1. The molecule has 0 saturated carbocycles. The molecule has 2 aliphatic rings. The molecule has 0 bridgehead atoms. The summed E-state index contributed by atoms with van der Waals surface area (Å²) >= 11 is 5.92. The molecule has 23 heavy (non-hydrogen) atoms. The number of ether oxygens (including phenoxy) is 2. The zero-order valence-corrected chi connectivity index (χ0v) is 13.8. The van der Waals surface area contributed by atoms with Crippen LogP contribution in [0.1, 0.15) is 37.4 Å². The van der Waals surface area contributed by atoms with Crippen LogP contribution in [0.5, 0.6) is 0 Å². The van der Waals surface area contributed by atoms with Crippen molar-refractivity contribution in [3.05, 3.63) is 34.9 Å². The maximum Gasteiger partial charge on any atom is 0.315 e. The van der Waals surface area contributed by atoms with Gasteiger partial charge in [0.15, 0.2) is 0 Å². The zero-order valence-electron chi connectivity index (χ0n) is 13.1. The Kier molecular flexibility index (Phi) is 5.75. The van der Waals surface area contributed by atoms with Gasteiger partial charge in [-0.25, -0.2) is 4.79 Å². The highest BCUT2D eigenvalue weighted by molar-refractivity contribution is 6.30. The molecule has 0 spiro atoms. The standard InChI is InChI=1S/C17H23ClN2O3/c18-13-6-4-12(5-7-13)16-15(8-10-23-16)20-17(21)19-11-14-3-1-2-9-22-14/h4-7,14-16H,1-3,8-11H2,(H2,19,20,21)/t14-,15-,16+/m0/s1. The quantitative estimate of drug-likeness (QED) is 0.887. The largest absolute Gasteiger partial charge is 0.376 e. The van der Waals surface area contributed by atoms with Crippen LogP contribution in [0.15, 0.2) is 24.3 Å². The van der Waals surface area contributed by atoms with Crippen molar-refractivity contribution in [1.29, 1.82) is 0 Å². The van der Waals surface area contributed by atoms with E-state index in [0.717, 1.165) is 31.4 Å². The summed E-state index contributed by atoms with van der Waals surface area (Å²) in [5.74, 6) is 0. The van der Waals surface area contributed by atoms with Crippen LogP contribution in [-0.4, -0.2) is 37.9 Å². The van der Waals surface area contributed by atoms with Crippen molar-refractivity contribution in [2.24, 2.45) is 0 Å². The Bertz CT molecular complexity index is 517. The monoisotopic (exact) mass is 338 g/mol. The molecule has 2 amide bonds. The number of carbonyl (C=O) groups is 1. The molecule has 3 atom stereocenters. The van der Waals surface area contributed by atoms with Crippen LogP contribution in [0, 0.1) is 0 Å². The molecular formula is C17H23ClN2O3. The van der Waals surface area contributed by atoms with Crippen molar-refractivity contribution >= 4 is 17.6 Å². The van der Waals surface area contributed by atoms with Gasteiger partial charge in [0.05, 0.1) is 12.1 Å². The van der Waals surface area contributed by atoms with Gasteiger partial charge in [-0.3, -0.25) is 0 Å². The van der Waals surface area contributed by atoms with E-state index in [2.05, 4.69) is 10.6 Å². The van der Waals surface area contributed by atoms with Crippen molar-refractivity contribution in [2.75, 3.05) is 19.8 Å². The lowest BCUT2D eigenvalue weighted by Gasteiger charge is -2.24. The van der Waals surface area contributed by atoms with E-state index in [1.807, 2.05) is 24.3 Å². The van der Waals surface area contributed by atoms with Gasteiger partial charge in [-0.2, -0.15) is 0 Å². The van der Waals surface area contributed by atoms with Crippen LogP contribution >= 0.6 is 11.6 Å². The minimum Gasteiger partial charge on any atom is -0.376 e. The van der Waals surface area contributed by atoms with Crippen molar-refractivity contribution in [3.8, 4) is 0 Å². The lowest BCUT2D eigenvalue weighted by molar-refractivity contribution is 0.0183. The maximum absolute atomic E-state index is 12.1. The van der Waals surface area contributed by atoms with E-state index in [-0.39, 0.29) is 24.3 Å². The van der Waals surface area contributed by atoms with E-state index < -0.39 is 0 Å². The van der Waals surface area contributed by atoms with Gasteiger partial charge in [-0.05, 0) is 43.4 Å². The molecule has 1 aromatic rings.